The number of hydrogen-bond acceptors (Lipinski definition) is 5. The van der Waals surface area contributed by atoms with Crippen LogP contribution in [0.2, 0.25) is 0 Å². The molecule has 3 aromatic rings. The summed E-state index contributed by atoms with van der Waals surface area (Å²) in [6.07, 6.45) is 0. The Morgan fingerprint density at radius 2 is 1.71 bits per heavy atom. The van der Waals surface area contributed by atoms with Gasteiger partial charge in [-0.2, -0.15) is 0 Å². The molecule has 5 nitrogen and oxygen atoms in total. The standard InChI is InChI=1S/C19H19N3O2/c1-13-11-18(21-16-7-9-17(24-2)10-8-16)22-19(20-13)15-5-3-14(12-23)4-6-15/h3-11,23H,12H2,1-2H3,(H,20,21,22). The molecule has 5 heteroatoms. The lowest BCUT2D eigenvalue weighted by Gasteiger charge is -2.09. The molecule has 0 unspecified atom stereocenters. The number of nitrogens with one attached hydrogen (secondary N) is 1. The third-order valence-electron chi connectivity index (χ3n) is 3.61. The summed E-state index contributed by atoms with van der Waals surface area (Å²) in [7, 11) is 1.64. The first kappa shape index (κ1) is 16.0. The molecule has 3 rings (SSSR count). The lowest BCUT2D eigenvalue weighted by atomic mass is 10.1. The fourth-order valence-corrected chi connectivity index (χ4v) is 2.34. The molecule has 0 amide bonds. The Morgan fingerprint density at radius 3 is 2.33 bits per heavy atom. The molecule has 1 heterocycles. The van der Waals surface area contributed by atoms with Gasteiger partial charge in [-0.15, -0.1) is 0 Å². The Kier molecular flexibility index (Phi) is 4.72. The van der Waals surface area contributed by atoms with Crippen molar-refractivity contribution in [3.63, 3.8) is 0 Å². The van der Waals surface area contributed by atoms with Gasteiger partial charge in [0.2, 0.25) is 0 Å². The number of benzene rings is 2. The van der Waals surface area contributed by atoms with E-state index in [-0.39, 0.29) is 6.61 Å². The van der Waals surface area contributed by atoms with Gasteiger partial charge in [-0.25, -0.2) is 9.97 Å². The van der Waals surface area contributed by atoms with Crippen LogP contribution in [-0.4, -0.2) is 22.2 Å². The zero-order valence-corrected chi connectivity index (χ0v) is 13.7. The molecule has 2 aromatic carbocycles. The molecule has 24 heavy (non-hydrogen) atoms. The molecule has 0 radical (unpaired) electrons. The average molecular weight is 321 g/mol. The Bertz CT molecular complexity index is 815. The van der Waals surface area contributed by atoms with E-state index in [4.69, 9.17) is 9.84 Å². The van der Waals surface area contributed by atoms with E-state index in [2.05, 4.69) is 15.3 Å². The van der Waals surface area contributed by atoms with Gasteiger partial charge in [-0.3, -0.25) is 0 Å². The molecular formula is C19H19N3O2. The summed E-state index contributed by atoms with van der Waals surface area (Å²) in [6, 6.07) is 17.1. The molecule has 0 aliphatic carbocycles. The highest BCUT2D eigenvalue weighted by Crippen LogP contribution is 2.22. The van der Waals surface area contributed by atoms with Crippen molar-refractivity contribution in [2.75, 3.05) is 12.4 Å². The van der Waals surface area contributed by atoms with Crippen molar-refractivity contribution in [2.45, 2.75) is 13.5 Å². The van der Waals surface area contributed by atoms with Crippen LogP contribution in [0.4, 0.5) is 11.5 Å². The second kappa shape index (κ2) is 7.10. The molecule has 0 atom stereocenters. The summed E-state index contributed by atoms with van der Waals surface area (Å²) in [6.45, 7) is 1.96. The van der Waals surface area contributed by atoms with Gasteiger partial charge in [0.15, 0.2) is 5.82 Å². The van der Waals surface area contributed by atoms with E-state index in [0.717, 1.165) is 34.1 Å². The fraction of sp³-hybridized carbons (Fsp3) is 0.158. The monoisotopic (exact) mass is 321 g/mol. The largest absolute Gasteiger partial charge is 0.497 e. The van der Waals surface area contributed by atoms with Gasteiger partial charge in [-0.05, 0) is 36.8 Å². The summed E-state index contributed by atoms with van der Waals surface area (Å²) >= 11 is 0. The number of nitrogens with zero attached hydrogens (tertiary/aromatic N) is 2. The van der Waals surface area contributed by atoms with Crippen molar-refractivity contribution in [2.24, 2.45) is 0 Å². The van der Waals surface area contributed by atoms with Crippen molar-refractivity contribution >= 4 is 11.5 Å². The number of ether oxygens (including phenoxy) is 1. The average Bonchev–Trinajstić information content (AvgIpc) is 2.62. The van der Waals surface area contributed by atoms with Crippen LogP contribution in [0.5, 0.6) is 5.75 Å². The maximum absolute atomic E-state index is 9.14. The van der Waals surface area contributed by atoms with Crippen molar-refractivity contribution < 1.29 is 9.84 Å². The molecule has 0 fully saturated rings. The highest BCUT2D eigenvalue weighted by Gasteiger charge is 2.06. The van der Waals surface area contributed by atoms with Crippen LogP contribution in [0, 0.1) is 6.92 Å². The van der Waals surface area contributed by atoms with E-state index < -0.39 is 0 Å². The van der Waals surface area contributed by atoms with Gasteiger partial charge in [0, 0.05) is 23.0 Å². The third-order valence-corrected chi connectivity index (χ3v) is 3.61. The Labute approximate surface area is 141 Å². The van der Waals surface area contributed by atoms with Gasteiger partial charge in [0.1, 0.15) is 11.6 Å². The predicted molar refractivity (Wildman–Crippen MR) is 94.4 cm³/mol. The van der Waals surface area contributed by atoms with Crippen LogP contribution >= 0.6 is 0 Å². The van der Waals surface area contributed by atoms with E-state index in [1.54, 1.807) is 7.11 Å². The zero-order valence-electron chi connectivity index (χ0n) is 13.7. The molecular weight excluding hydrogens is 302 g/mol. The highest BCUT2D eigenvalue weighted by molar-refractivity contribution is 5.62. The van der Waals surface area contributed by atoms with E-state index >= 15 is 0 Å². The fourth-order valence-electron chi connectivity index (χ4n) is 2.34. The Morgan fingerprint density at radius 1 is 1.00 bits per heavy atom. The summed E-state index contributed by atoms with van der Waals surface area (Å²) in [5.41, 5.74) is 3.58. The summed E-state index contributed by atoms with van der Waals surface area (Å²) in [4.78, 5) is 9.08. The lowest BCUT2D eigenvalue weighted by molar-refractivity contribution is 0.282. The maximum Gasteiger partial charge on any atom is 0.161 e. The van der Waals surface area contributed by atoms with Gasteiger partial charge in [-0.1, -0.05) is 24.3 Å². The van der Waals surface area contributed by atoms with Crippen LogP contribution in [0.25, 0.3) is 11.4 Å². The predicted octanol–water partition coefficient (Wildman–Crippen LogP) is 3.70. The van der Waals surface area contributed by atoms with Gasteiger partial charge in [0.05, 0.1) is 13.7 Å². The van der Waals surface area contributed by atoms with Crippen molar-refractivity contribution in [1.82, 2.24) is 9.97 Å². The van der Waals surface area contributed by atoms with Gasteiger partial charge < -0.3 is 15.2 Å². The zero-order chi connectivity index (χ0) is 16.9. The number of rotatable bonds is 5. The minimum Gasteiger partial charge on any atom is -0.497 e. The van der Waals surface area contributed by atoms with E-state index in [1.807, 2.05) is 61.5 Å². The maximum atomic E-state index is 9.14. The van der Waals surface area contributed by atoms with Gasteiger partial charge >= 0.3 is 0 Å². The molecule has 2 N–H and O–H groups in total. The first-order valence-electron chi connectivity index (χ1n) is 7.65. The summed E-state index contributed by atoms with van der Waals surface area (Å²) in [5.74, 6) is 2.19. The molecule has 1 aromatic heterocycles. The van der Waals surface area contributed by atoms with Crippen molar-refractivity contribution in [3.05, 3.63) is 65.9 Å². The van der Waals surface area contributed by atoms with Gasteiger partial charge in [0.25, 0.3) is 0 Å². The molecule has 0 bridgehead atoms. The number of aliphatic hydroxyl groups is 1. The third kappa shape index (κ3) is 3.70. The minimum atomic E-state index is 0.0270. The second-order valence-corrected chi connectivity index (χ2v) is 5.43. The molecule has 0 spiro atoms. The van der Waals surface area contributed by atoms with Crippen LogP contribution in [0.3, 0.4) is 0 Å². The molecule has 0 aliphatic rings. The van der Waals surface area contributed by atoms with Crippen LogP contribution in [-0.2, 0) is 6.61 Å². The summed E-state index contributed by atoms with van der Waals surface area (Å²) in [5, 5.41) is 12.4. The molecule has 0 aliphatic heterocycles. The van der Waals surface area contributed by atoms with E-state index in [0.29, 0.717) is 5.82 Å². The Balaban J connectivity index is 1.87. The van der Waals surface area contributed by atoms with Crippen LogP contribution in [0.15, 0.2) is 54.6 Å². The molecule has 0 saturated carbocycles. The van der Waals surface area contributed by atoms with Crippen LogP contribution < -0.4 is 10.1 Å². The number of aliphatic hydroxyl groups excluding tert-OH is 1. The molecule has 122 valence electrons. The Hall–Kier alpha value is -2.92. The molecule has 0 saturated heterocycles. The number of hydrogen-bond donors (Lipinski definition) is 2. The smallest absolute Gasteiger partial charge is 0.161 e. The first-order valence-corrected chi connectivity index (χ1v) is 7.65. The summed E-state index contributed by atoms with van der Waals surface area (Å²) < 4.78 is 5.16. The number of methoxy groups -OCH3 is 1. The van der Waals surface area contributed by atoms with E-state index in [9.17, 15) is 0 Å². The quantitative estimate of drug-likeness (QED) is 0.750. The van der Waals surface area contributed by atoms with Crippen LogP contribution in [0.1, 0.15) is 11.3 Å². The number of anilines is 2. The SMILES string of the molecule is COc1ccc(Nc2cc(C)nc(-c3ccc(CO)cc3)n2)cc1. The second-order valence-electron chi connectivity index (χ2n) is 5.43. The number of aryl methyl sites for hydroxylation is 1. The topological polar surface area (TPSA) is 67.3 Å². The van der Waals surface area contributed by atoms with E-state index in [1.165, 1.54) is 0 Å². The van der Waals surface area contributed by atoms with Crippen molar-refractivity contribution in [1.29, 1.82) is 0 Å². The first-order chi connectivity index (χ1) is 11.7. The highest BCUT2D eigenvalue weighted by atomic mass is 16.5. The normalized spacial score (nSPS) is 10.5. The lowest BCUT2D eigenvalue weighted by Crippen LogP contribution is -1.99. The number of aromatic nitrogens is 2. The minimum absolute atomic E-state index is 0.0270. The van der Waals surface area contributed by atoms with Crippen molar-refractivity contribution in [3.8, 4) is 17.1 Å².